The average Bonchev–Trinajstić information content (AvgIpc) is 2.40. The second kappa shape index (κ2) is 8.63. The molecule has 0 atom stereocenters. The molecular formula is C12H16BrNO4. The highest BCUT2D eigenvalue weighted by Gasteiger charge is 2.19. The van der Waals surface area contributed by atoms with Crippen molar-refractivity contribution in [2.75, 3.05) is 6.61 Å². The van der Waals surface area contributed by atoms with Gasteiger partial charge in [0, 0.05) is 11.5 Å². The number of esters is 1. The zero-order chi connectivity index (χ0) is 14.1. The first-order chi connectivity index (χ1) is 8.60. The number of hydrogen-bond acceptors (Lipinski definition) is 4. The number of hydrogen-bond donors (Lipinski definition) is 1. The van der Waals surface area contributed by atoms with Crippen molar-refractivity contribution in [2.24, 2.45) is 0 Å². The van der Waals surface area contributed by atoms with Crippen molar-refractivity contribution in [3.05, 3.63) is 29.1 Å². The smallest absolute Gasteiger partial charge is 0.357 e. The molecule has 0 bridgehead atoms. The van der Waals surface area contributed by atoms with Gasteiger partial charge in [-0.25, -0.2) is 14.6 Å². The fourth-order valence-corrected chi connectivity index (χ4v) is 1.41. The molecule has 6 heteroatoms. The summed E-state index contributed by atoms with van der Waals surface area (Å²) in [5.41, 5.74) is 0.375. The second-order valence-electron chi connectivity index (χ2n) is 2.90. The van der Waals surface area contributed by atoms with E-state index in [9.17, 15) is 9.59 Å². The number of aromatic nitrogens is 1. The highest BCUT2D eigenvalue weighted by molar-refractivity contribution is 9.08. The maximum Gasteiger partial charge on any atom is 0.357 e. The van der Waals surface area contributed by atoms with Gasteiger partial charge in [0.2, 0.25) is 0 Å². The highest BCUT2D eigenvalue weighted by Crippen LogP contribution is 2.12. The Hall–Kier alpha value is -1.43. The molecule has 1 aromatic heterocycles. The van der Waals surface area contributed by atoms with Crippen LogP contribution in [0.25, 0.3) is 0 Å². The van der Waals surface area contributed by atoms with Gasteiger partial charge >= 0.3 is 11.9 Å². The number of halogens is 1. The van der Waals surface area contributed by atoms with Gasteiger partial charge in [-0.3, -0.25) is 0 Å². The number of pyridine rings is 1. The molecule has 1 aromatic rings. The molecule has 0 aliphatic heterocycles. The Kier molecular flexibility index (Phi) is 7.94. The fraction of sp³-hybridized carbons (Fsp3) is 0.417. The van der Waals surface area contributed by atoms with E-state index in [-0.39, 0.29) is 17.9 Å². The molecule has 0 aromatic carbocycles. The summed E-state index contributed by atoms with van der Waals surface area (Å²) in [7, 11) is 0. The number of rotatable bonds is 4. The first kappa shape index (κ1) is 16.6. The summed E-state index contributed by atoms with van der Waals surface area (Å²) in [6, 6.07) is 1.40. The third-order valence-electron chi connectivity index (χ3n) is 1.80. The van der Waals surface area contributed by atoms with Crippen LogP contribution in [0.15, 0.2) is 12.3 Å². The van der Waals surface area contributed by atoms with Crippen LogP contribution in [0.1, 0.15) is 47.2 Å². The number of carbonyl (C=O) groups is 2. The SMILES string of the molecule is CC.CCOC(=O)c1ncc(CBr)cc1C(=O)O. The van der Waals surface area contributed by atoms with Gasteiger partial charge in [0.15, 0.2) is 5.69 Å². The molecule has 0 amide bonds. The van der Waals surface area contributed by atoms with E-state index in [0.29, 0.717) is 10.9 Å². The van der Waals surface area contributed by atoms with Crippen molar-refractivity contribution < 1.29 is 19.4 Å². The van der Waals surface area contributed by atoms with Crippen LogP contribution in [0.2, 0.25) is 0 Å². The zero-order valence-corrected chi connectivity index (χ0v) is 12.2. The number of ether oxygens (including phenoxy) is 1. The Morgan fingerprint density at radius 3 is 2.50 bits per heavy atom. The van der Waals surface area contributed by atoms with Crippen LogP contribution >= 0.6 is 15.9 Å². The Morgan fingerprint density at radius 1 is 1.44 bits per heavy atom. The first-order valence-corrected chi connectivity index (χ1v) is 6.67. The molecule has 0 aliphatic rings. The molecule has 0 radical (unpaired) electrons. The molecule has 100 valence electrons. The van der Waals surface area contributed by atoms with Crippen LogP contribution in [0.5, 0.6) is 0 Å². The molecule has 1 N–H and O–H groups in total. The van der Waals surface area contributed by atoms with Crippen molar-refractivity contribution in [1.82, 2.24) is 4.98 Å². The summed E-state index contributed by atoms with van der Waals surface area (Å²) in [6.07, 6.45) is 1.44. The van der Waals surface area contributed by atoms with Gasteiger partial charge in [0.1, 0.15) is 0 Å². The van der Waals surface area contributed by atoms with Gasteiger partial charge in [0.25, 0.3) is 0 Å². The molecule has 0 unspecified atom stereocenters. The lowest BCUT2D eigenvalue weighted by atomic mass is 10.1. The maximum atomic E-state index is 11.4. The van der Waals surface area contributed by atoms with Crippen LogP contribution in [0.3, 0.4) is 0 Å². The Bertz CT molecular complexity index is 421. The van der Waals surface area contributed by atoms with Crippen molar-refractivity contribution in [3.8, 4) is 0 Å². The minimum Gasteiger partial charge on any atom is -0.478 e. The normalized spacial score (nSPS) is 9.11. The molecule has 0 fully saturated rings. The fourth-order valence-electron chi connectivity index (χ4n) is 1.11. The van der Waals surface area contributed by atoms with Gasteiger partial charge in [-0.2, -0.15) is 0 Å². The van der Waals surface area contributed by atoms with E-state index in [2.05, 4.69) is 20.9 Å². The molecule has 5 nitrogen and oxygen atoms in total. The number of nitrogens with zero attached hydrogens (tertiary/aromatic N) is 1. The molecule has 1 rings (SSSR count). The van der Waals surface area contributed by atoms with Gasteiger partial charge < -0.3 is 9.84 Å². The average molecular weight is 318 g/mol. The van der Waals surface area contributed by atoms with Crippen LogP contribution in [0.4, 0.5) is 0 Å². The summed E-state index contributed by atoms with van der Waals surface area (Å²) >= 11 is 3.18. The number of alkyl halides is 1. The number of carboxylic acid groups (broad SMARTS) is 1. The predicted octanol–water partition coefficient (Wildman–Crippen LogP) is 2.88. The van der Waals surface area contributed by atoms with E-state index in [4.69, 9.17) is 9.84 Å². The number of carbonyl (C=O) groups excluding carboxylic acids is 1. The number of aromatic carboxylic acids is 1. The van der Waals surface area contributed by atoms with Crippen LogP contribution in [-0.2, 0) is 10.1 Å². The van der Waals surface area contributed by atoms with Crippen LogP contribution < -0.4 is 0 Å². The maximum absolute atomic E-state index is 11.4. The van der Waals surface area contributed by atoms with Crippen molar-refractivity contribution in [2.45, 2.75) is 26.1 Å². The van der Waals surface area contributed by atoms with E-state index in [1.165, 1.54) is 12.3 Å². The van der Waals surface area contributed by atoms with Gasteiger partial charge in [-0.15, -0.1) is 0 Å². The second-order valence-corrected chi connectivity index (χ2v) is 3.46. The topological polar surface area (TPSA) is 76.5 Å². The van der Waals surface area contributed by atoms with E-state index in [0.717, 1.165) is 0 Å². The van der Waals surface area contributed by atoms with Gasteiger partial charge in [-0.1, -0.05) is 29.8 Å². The molecule has 0 saturated heterocycles. The lowest BCUT2D eigenvalue weighted by Gasteiger charge is -2.05. The van der Waals surface area contributed by atoms with Crippen molar-refractivity contribution in [1.29, 1.82) is 0 Å². The van der Waals surface area contributed by atoms with Gasteiger partial charge in [-0.05, 0) is 18.6 Å². The minimum atomic E-state index is -1.20. The minimum absolute atomic E-state index is 0.143. The molecule has 1 heterocycles. The quantitative estimate of drug-likeness (QED) is 0.682. The largest absolute Gasteiger partial charge is 0.478 e. The molecule has 18 heavy (non-hydrogen) atoms. The Morgan fingerprint density at radius 2 is 2.06 bits per heavy atom. The molecule has 0 aliphatic carbocycles. The zero-order valence-electron chi connectivity index (χ0n) is 10.6. The first-order valence-electron chi connectivity index (χ1n) is 5.55. The summed E-state index contributed by atoms with van der Waals surface area (Å²) in [5, 5.41) is 9.42. The predicted molar refractivity (Wildman–Crippen MR) is 71.1 cm³/mol. The summed E-state index contributed by atoms with van der Waals surface area (Å²) < 4.78 is 4.72. The molecular weight excluding hydrogens is 302 g/mol. The monoisotopic (exact) mass is 317 g/mol. The van der Waals surface area contributed by atoms with E-state index in [1.54, 1.807) is 6.92 Å². The summed E-state index contributed by atoms with van der Waals surface area (Å²) in [6.45, 7) is 5.82. The molecule has 0 spiro atoms. The van der Waals surface area contributed by atoms with Crippen LogP contribution in [-0.4, -0.2) is 28.6 Å². The highest BCUT2D eigenvalue weighted by atomic mass is 79.9. The van der Waals surface area contributed by atoms with E-state index in [1.807, 2.05) is 13.8 Å². The third-order valence-corrected chi connectivity index (χ3v) is 2.45. The Balaban J connectivity index is 0.00000137. The lowest BCUT2D eigenvalue weighted by Crippen LogP contribution is -2.14. The lowest BCUT2D eigenvalue weighted by molar-refractivity contribution is 0.0507. The summed E-state index contributed by atoms with van der Waals surface area (Å²) in [4.78, 5) is 26.1. The standard InChI is InChI=1S/C10H10BrNO4.C2H6/c1-2-16-10(15)8-7(9(13)14)3-6(4-11)5-12-8;1-2/h3,5H,2,4H2,1H3,(H,13,14);1-2H3. The molecule has 0 saturated carbocycles. The van der Waals surface area contributed by atoms with Crippen molar-refractivity contribution >= 4 is 27.9 Å². The third kappa shape index (κ3) is 4.44. The van der Waals surface area contributed by atoms with Crippen molar-refractivity contribution in [3.63, 3.8) is 0 Å². The van der Waals surface area contributed by atoms with E-state index < -0.39 is 11.9 Å². The number of carboxylic acids is 1. The Labute approximate surface area is 114 Å². The van der Waals surface area contributed by atoms with E-state index >= 15 is 0 Å². The summed E-state index contributed by atoms with van der Waals surface area (Å²) in [5.74, 6) is -1.92. The van der Waals surface area contributed by atoms with Crippen LogP contribution in [0, 0.1) is 0 Å². The van der Waals surface area contributed by atoms with Gasteiger partial charge in [0.05, 0.1) is 12.2 Å².